The Morgan fingerprint density at radius 2 is 2.23 bits per heavy atom. The maximum Gasteiger partial charge on any atom is 0.226 e. The molecule has 0 aliphatic rings. The third-order valence-electron chi connectivity index (χ3n) is 2.81. The first-order chi connectivity index (χ1) is 10.2. The molecule has 0 saturated carbocycles. The van der Waals surface area contributed by atoms with Crippen LogP contribution in [-0.2, 0) is 11.2 Å². The van der Waals surface area contributed by atoms with Crippen LogP contribution in [0.25, 0.3) is 0 Å². The van der Waals surface area contributed by atoms with Crippen molar-refractivity contribution in [1.82, 2.24) is 10.2 Å². The topological polar surface area (TPSA) is 90.1 Å². The summed E-state index contributed by atoms with van der Waals surface area (Å²) in [4.78, 5) is 11.6. The molecule has 2 aromatic rings. The molecule has 22 heavy (non-hydrogen) atoms. The normalized spacial score (nSPS) is 9.91. The number of carbonyl (C=O) groups is 1. The van der Waals surface area contributed by atoms with Gasteiger partial charge in [-0.3, -0.25) is 4.79 Å². The van der Waals surface area contributed by atoms with Gasteiger partial charge in [0.1, 0.15) is 10.8 Å². The zero-order valence-electron chi connectivity index (χ0n) is 12.2. The Balaban J connectivity index is 0.00000242. The summed E-state index contributed by atoms with van der Waals surface area (Å²) in [6, 6.07) is 7.79. The van der Waals surface area contributed by atoms with Gasteiger partial charge in [-0.2, -0.15) is 0 Å². The van der Waals surface area contributed by atoms with E-state index in [2.05, 4.69) is 15.5 Å². The van der Waals surface area contributed by atoms with E-state index in [1.54, 1.807) is 7.11 Å². The van der Waals surface area contributed by atoms with Crippen LogP contribution >= 0.6 is 23.7 Å². The number of anilines is 1. The average molecular weight is 343 g/mol. The number of halogens is 1. The van der Waals surface area contributed by atoms with Gasteiger partial charge in [0.05, 0.1) is 7.11 Å². The van der Waals surface area contributed by atoms with Crippen LogP contribution in [0.15, 0.2) is 24.3 Å². The monoisotopic (exact) mass is 342 g/mol. The molecule has 120 valence electrons. The molecule has 0 bridgehead atoms. The maximum absolute atomic E-state index is 11.6. The summed E-state index contributed by atoms with van der Waals surface area (Å²) >= 11 is 1.38. The molecule has 1 amide bonds. The van der Waals surface area contributed by atoms with E-state index in [0.29, 0.717) is 30.9 Å². The van der Waals surface area contributed by atoms with Crippen molar-refractivity contribution in [1.29, 1.82) is 0 Å². The maximum atomic E-state index is 11.6. The van der Waals surface area contributed by atoms with Gasteiger partial charge in [0.25, 0.3) is 0 Å². The lowest BCUT2D eigenvalue weighted by Crippen LogP contribution is -2.13. The van der Waals surface area contributed by atoms with Crippen molar-refractivity contribution in [2.24, 2.45) is 5.73 Å². The number of ether oxygens (including phenoxy) is 1. The highest BCUT2D eigenvalue weighted by atomic mass is 35.5. The van der Waals surface area contributed by atoms with Gasteiger partial charge in [-0.25, -0.2) is 0 Å². The number of nitrogens with zero attached hydrogens (tertiary/aromatic N) is 2. The van der Waals surface area contributed by atoms with Gasteiger partial charge in [0.2, 0.25) is 11.0 Å². The Bertz CT molecular complexity index is 606. The molecule has 0 radical (unpaired) electrons. The molecule has 8 heteroatoms. The number of nitrogens with two attached hydrogens (primary N) is 1. The first-order valence-electron chi connectivity index (χ1n) is 6.66. The van der Waals surface area contributed by atoms with Gasteiger partial charge in [-0.15, -0.1) is 22.6 Å². The van der Waals surface area contributed by atoms with Crippen LogP contribution in [0.5, 0.6) is 5.75 Å². The number of hydrogen-bond acceptors (Lipinski definition) is 6. The van der Waals surface area contributed by atoms with Gasteiger partial charge in [0.15, 0.2) is 0 Å². The van der Waals surface area contributed by atoms with Gasteiger partial charge in [0, 0.05) is 12.8 Å². The van der Waals surface area contributed by atoms with Crippen LogP contribution in [0.1, 0.15) is 23.4 Å². The molecule has 0 unspecified atom stereocenters. The largest absolute Gasteiger partial charge is 0.497 e. The Kier molecular flexibility index (Phi) is 7.79. The molecular weight excluding hydrogens is 324 g/mol. The van der Waals surface area contributed by atoms with E-state index in [1.165, 1.54) is 11.3 Å². The molecule has 1 aromatic heterocycles. The second kappa shape index (κ2) is 9.34. The molecule has 0 atom stereocenters. The summed E-state index contributed by atoms with van der Waals surface area (Å²) in [5.41, 5.74) is 6.46. The van der Waals surface area contributed by atoms with E-state index in [1.807, 2.05) is 24.3 Å². The lowest BCUT2D eigenvalue weighted by atomic mass is 10.1. The van der Waals surface area contributed by atoms with Crippen molar-refractivity contribution in [3.05, 3.63) is 34.8 Å². The third-order valence-corrected chi connectivity index (χ3v) is 3.65. The molecule has 0 fully saturated rings. The van der Waals surface area contributed by atoms with Gasteiger partial charge in [-0.05, 0) is 30.7 Å². The van der Waals surface area contributed by atoms with Gasteiger partial charge < -0.3 is 15.8 Å². The minimum atomic E-state index is -0.0791. The molecule has 0 saturated heterocycles. The lowest BCUT2D eigenvalue weighted by Gasteiger charge is -2.02. The number of aromatic nitrogens is 2. The van der Waals surface area contributed by atoms with Crippen LogP contribution in [0, 0.1) is 0 Å². The number of carbonyl (C=O) groups excluding carboxylic acids is 1. The van der Waals surface area contributed by atoms with Gasteiger partial charge in [-0.1, -0.05) is 23.5 Å². The fourth-order valence-electron chi connectivity index (χ4n) is 1.78. The molecule has 1 aromatic carbocycles. The number of benzene rings is 1. The minimum Gasteiger partial charge on any atom is -0.497 e. The molecule has 0 aliphatic carbocycles. The van der Waals surface area contributed by atoms with E-state index >= 15 is 0 Å². The van der Waals surface area contributed by atoms with Crippen LogP contribution < -0.4 is 15.8 Å². The summed E-state index contributed by atoms with van der Waals surface area (Å²) in [6.07, 6.45) is 1.73. The van der Waals surface area contributed by atoms with E-state index in [0.717, 1.165) is 16.3 Å². The van der Waals surface area contributed by atoms with Crippen molar-refractivity contribution in [3.8, 4) is 5.75 Å². The minimum absolute atomic E-state index is 0. The highest BCUT2D eigenvalue weighted by Crippen LogP contribution is 2.21. The van der Waals surface area contributed by atoms with Gasteiger partial charge >= 0.3 is 0 Å². The fraction of sp³-hybridized carbons (Fsp3) is 0.357. The zero-order valence-corrected chi connectivity index (χ0v) is 13.9. The zero-order chi connectivity index (χ0) is 15.1. The Morgan fingerprint density at radius 1 is 1.41 bits per heavy atom. The first kappa shape index (κ1) is 18.3. The predicted molar refractivity (Wildman–Crippen MR) is 89.9 cm³/mol. The smallest absolute Gasteiger partial charge is 0.226 e. The molecule has 0 aliphatic heterocycles. The summed E-state index contributed by atoms with van der Waals surface area (Å²) in [5.74, 6) is 0.733. The van der Waals surface area contributed by atoms with E-state index in [9.17, 15) is 4.79 Å². The van der Waals surface area contributed by atoms with Crippen molar-refractivity contribution >= 4 is 34.8 Å². The summed E-state index contributed by atoms with van der Waals surface area (Å²) in [6.45, 7) is 0.505. The number of nitrogens with one attached hydrogen (secondary N) is 1. The highest BCUT2D eigenvalue weighted by molar-refractivity contribution is 7.15. The number of rotatable bonds is 7. The third kappa shape index (κ3) is 5.59. The molecule has 3 N–H and O–H groups in total. The summed E-state index contributed by atoms with van der Waals surface area (Å²) < 4.78 is 5.19. The van der Waals surface area contributed by atoms with Crippen LogP contribution in [0.2, 0.25) is 0 Å². The number of methoxy groups -OCH3 is 1. The molecule has 1 heterocycles. The Labute approximate surface area is 139 Å². The number of amides is 1. The first-order valence-corrected chi connectivity index (χ1v) is 7.48. The van der Waals surface area contributed by atoms with Crippen LogP contribution in [0.4, 0.5) is 5.13 Å². The fourth-order valence-corrected chi connectivity index (χ4v) is 2.57. The molecule has 0 spiro atoms. The standard InChI is InChI=1S/C14H18N4O2S.ClH/c1-20-11-5-2-4-10(8-11)9-13-17-18-14(21-13)16-12(19)6-3-7-15;/h2,4-5,8H,3,6-7,9,15H2,1H3,(H,16,18,19);1H. The van der Waals surface area contributed by atoms with Crippen molar-refractivity contribution in [2.45, 2.75) is 19.3 Å². The highest BCUT2D eigenvalue weighted by Gasteiger charge is 2.08. The van der Waals surface area contributed by atoms with Crippen molar-refractivity contribution in [2.75, 3.05) is 19.0 Å². The van der Waals surface area contributed by atoms with Crippen LogP contribution in [-0.4, -0.2) is 29.8 Å². The second-order valence-electron chi connectivity index (χ2n) is 4.47. The molecule has 2 rings (SSSR count). The molecule has 6 nitrogen and oxygen atoms in total. The predicted octanol–water partition coefficient (Wildman–Crippen LogP) is 2.24. The van der Waals surface area contributed by atoms with E-state index in [-0.39, 0.29) is 18.3 Å². The van der Waals surface area contributed by atoms with Crippen molar-refractivity contribution in [3.63, 3.8) is 0 Å². The van der Waals surface area contributed by atoms with E-state index in [4.69, 9.17) is 10.5 Å². The molecular formula is C14H19ClN4O2S. The number of hydrogen-bond donors (Lipinski definition) is 2. The summed E-state index contributed by atoms with van der Waals surface area (Å²) in [5, 5.41) is 12.2. The summed E-state index contributed by atoms with van der Waals surface area (Å²) in [7, 11) is 1.64. The lowest BCUT2D eigenvalue weighted by molar-refractivity contribution is -0.116. The second-order valence-corrected chi connectivity index (χ2v) is 5.53. The SMILES string of the molecule is COc1cccc(Cc2nnc(NC(=O)CCCN)s2)c1.Cl. The van der Waals surface area contributed by atoms with Crippen LogP contribution in [0.3, 0.4) is 0 Å². The van der Waals surface area contributed by atoms with E-state index < -0.39 is 0 Å². The quantitative estimate of drug-likeness (QED) is 0.805. The Morgan fingerprint density at radius 3 is 2.95 bits per heavy atom. The van der Waals surface area contributed by atoms with Crippen molar-refractivity contribution < 1.29 is 9.53 Å². The Hall–Kier alpha value is -1.70. The average Bonchev–Trinajstić information content (AvgIpc) is 2.92.